The summed E-state index contributed by atoms with van der Waals surface area (Å²) in [5, 5.41) is 0. The van der Waals surface area contributed by atoms with Crippen molar-refractivity contribution in [1.29, 1.82) is 0 Å². The van der Waals surface area contributed by atoms with Crippen LogP contribution in [0.15, 0.2) is 30.3 Å². The van der Waals surface area contributed by atoms with E-state index in [0.717, 1.165) is 18.2 Å². The molecule has 0 saturated heterocycles. The Labute approximate surface area is 157 Å². The second-order valence-corrected chi connectivity index (χ2v) is 6.50. The van der Waals surface area contributed by atoms with Gasteiger partial charge in [-0.3, -0.25) is 0 Å². The maximum absolute atomic E-state index is 15.0. The molecular formula is C20H18F8. The third kappa shape index (κ3) is 3.61. The van der Waals surface area contributed by atoms with Crippen molar-refractivity contribution >= 4 is 0 Å². The van der Waals surface area contributed by atoms with Gasteiger partial charge in [0.2, 0.25) is 0 Å². The lowest BCUT2D eigenvalue weighted by Gasteiger charge is -2.33. The molecule has 2 aromatic rings. The van der Waals surface area contributed by atoms with E-state index in [1.54, 1.807) is 13.8 Å². The van der Waals surface area contributed by atoms with Crippen LogP contribution >= 0.6 is 0 Å². The van der Waals surface area contributed by atoms with Crippen LogP contribution in [0.2, 0.25) is 0 Å². The molecule has 0 saturated carbocycles. The SMILES string of the molecule is CCc1cc(CC)c(-c2ccc(F)cc2C)c(C(F)(C(F)(F)F)C(F)(F)F)c1. The lowest BCUT2D eigenvalue weighted by Crippen LogP contribution is -2.50. The molecule has 0 aliphatic carbocycles. The molecule has 0 unspecified atom stereocenters. The molecule has 0 N–H and O–H groups in total. The molecule has 0 heterocycles. The summed E-state index contributed by atoms with van der Waals surface area (Å²) in [5.41, 5.74) is -7.29. The summed E-state index contributed by atoms with van der Waals surface area (Å²) in [5.74, 6) is -0.704. The fraction of sp³-hybridized carbons (Fsp3) is 0.400. The number of rotatable bonds is 4. The zero-order valence-corrected chi connectivity index (χ0v) is 15.3. The van der Waals surface area contributed by atoms with E-state index in [1.165, 1.54) is 13.0 Å². The van der Waals surface area contributed by atoms with E-state index in [2.05, 4.69) is 0 Å². The first-order valence-corrected chi connectivity index (χ1v) is 8.53. The smallest absolute Gasteiger partial charge is 0.218 e. The van der Waals surface area contributed by atoms with Gasteiger partial charge in [-0.1, -0.05) is 32.0 Å². The summed E-state index contributed by atoms with van der Waals surface area (Å²) in [6.45, 7) is 4.43. The molecule has 0 amide bonds. The Morgan fingerprint density at radius 1 is 0.786 bits per heavy atom. The van der Waals surface area contributed by atoms with Gasteiger partial charge in [0.15, 0.2) is 0 Å². The van der Waals surface area contributed by atoms with Crippen LogP contribution in [0.4, 0.5) is 35.1 Å². The third-order valence-electron chi connectivity index (χ3n) is 4.68. The number of hydrogen-bond donors (Lipinski definition) is 0. The minimum Gasteiger partial charge on any atom is -0.218 e. The first-order chi connectivity index (χ1) is 12.8. The molecule has 0 radical (unpaired) electrons. The Morgan fingerprint density at radius 3 is 1.79 bits per heavy atom. The van der Waals surface area contributed by atoms with Gasteiger partial charge in [0.25, 0.3) is 0 Å². The summed E-state index contributed by atoms with van der Waals surface area (Å²) in [6.07, 6.45) is -12.3. The highest BCUT2D eigenvalue weighted by Gasteiger charge is 2.74. The van der Waals surface area contributed by atoms with Gasteiger partial charge in [-0.2, -0.15) is 26.3 Å². The topological polar surface area (TPSA) is 0 Å². The van der Waals surface area contributed by atoms with Crippen LogP contribution in [-0.4, -0.2) is 12.4 Å². The van der Waals surface area contributed by atoms with E-state index in [0.29, 0.717) is 6.07 Å². The highest BCUT2D eigenvalue weighted by molar-refractivity contribution is 5.76. The van der Waals surface area contributed by atoms with E-state index in [4.69, 9.17) is 0 Å². The summed E-state index contributed by atoms with van der Waals surface area (Å²) >= 11 is 0. The van der Waals surface area contributed by atoms with Gasteiger partial charge in [-0.05, 0) is 59.7 Å². The van der Waals surface area contributed by atoms with Crippen LogP contribution < -0.4 is 0 Å². The van der Waals surface area contributed by atoms with Crippen molar-refractivity contribution in [2.24, 2.45) is 0 Å². The Balaban J connectivity index is 3.04. The van der Waals surface area contributed by atoms with Crippen LogP contribution in [0.1, 0.15) is 36.1 Å². The molecule has 0 aliphatic heterocycles. The Bertz CT molecular complexity index is 848. The second-order valence-electron chi connectivity index (χ2n) is 6.50. The molecule has 8 heteroatoms. The minimum atomic E-state index is -6.23. The van der Waals surface area contributed by atoms with Gasteiger partial charge in [0, 0.05) is 5.56 Å². The van der Waals surface area contributed by atoms with Crippen molar-refractivity contribution in [3.8, 4) is 11.1 Å². The van der Waals surface area contributed by atoms with E-state index in [1.807, 2.05) is 0 Å². The first kappa shape index (κ1) is 22.2. The van der Waals surface area contributed by atoms with Gasteiger partial charge < -0.3 is 0 Å². The molecule has 2 rings (SSSR count). The maximum Gasteiger partial charge on any atom is 0.435 e. The predicted octanol–water partition coefficient (Wildman–Crippen LogP) is 7.22. The van der Waals surface area contributed by atoms with Crippen molar-refractivity contribution in [2.75, 3.05) is 0 Å². The molecule has 2 aromatic carbocycles. The second kappa shape index (κ2) is 7.37. The normalized spacial score (nSPS) is 13.1. The quantitative estimate of drug-likeness (QED) is 0.467. The number of alkyl halides is 7. The van der Waals surface area contributed by atoms with E-state index in [-0.39, 0.29) is 35.1 Å². The molecule has 28 heavy (non-hydrogen) atoms. The monoisotopic (exact) mass is 410 g/mol. The summed E-state index contributed by atoms with van der Waals surface area (Å²) < 4.78 is 109. The molecule has 0 fully saturated rings. The lowest BCUT2D eigenvalue weighted by atomic mass is 9.81. The fourth-order valence-corrected chi connectivity index (χ4v) is 3.21. The van der Waals surface area contributed by atoms with Crippen LogP contribution in [0.25, 0.3) is 11.1 Å². The number of benzene rings is 2. The summed E-state index contributed by atoms with van der Waals surface area (Å²) in [6, 6.07) is 5.03. The molecule has 0 atom stereocenters. The van der Waals surface area contributed by atoms with Gasteiger partial charge in [0.05, 0.1) is 0 Å². The third-order valence-corrected chi connectivity index (χ3v) is 4.68. The Morgan fingerprint density at radius 2 is 1.36 bits per heavy atom. The van der Waals surface area contributed by atoms with E-state index >= 15 is 4.39 Å². The van der Waals surface area contributed by atoms with Gasteiger partial charge in [-0.15, -0.1) is 0 Å². The van der Waals surface area contributed by atoms with Crippen molar-refractivity contribution in [3.63, 3.8) is 0 Å². The highest BCUT2D eigenvalue weighted by atomic mass is 19.4. The van der Waals surface area contributed by atoms with E-state index in [9.17, 15) is 30.7 Å². The molecule has 0 aromatic heterocycles. The highest BCUT2D eigenvalue weighted by Crippen LogP contribution is 2.56. The summed E-state index contributed by atoms with van der Waals surface area (Å²) in [4.78, 5) is 0. The molecule has 154 valence electrons. The lowest BCUT2D eigenvalue weighted by molar-refractivity contribution is -0.348. The first-order valence-electron chi connectivity index (χ1n) is 8.53. The Kier molecular flexibility index (Phi) is 5.83. The predicted molar refractivity (Wildman–Crippen MR) is 90.2 cm³/mol. The van der Waals surface area contributed by atoms with Crippen molar-refractivity contribution < 1.29 is 35.1 Å². The van der Waals surface area contributed by atoms with Crippen molar-refractivity contribution in [2.45, 2.75) is 51.6 Å². The number of aryl methyl sites for hydroxylation is 3. The maximum atomic E-state index is 15.0. The number of hydrogen-bond acceptors (Lipinski definition) is 0. The van der Waals surface area contributed by atoms with Gasteiger partial charge >= 0.3 is 18.0 Å². The Hall–Kier alpha value is -2.12. The molecule has 0 nitrogen and oxygen atoms in total. The van der Waals surface area contributed by atoms with Gasteiger partial charge in [0.1, 0.15) is 5.82 Å². The molecule has 0 aliphatic rings. The van der Waals surface area contributed by atoms with Crippen LogP contribution in [0.3, 0.4) is 0 Å². The standard InChI is InChI=1S/C20H18F8/c1-4-12-9-13(5-2)17(15-7-6-14(21)8-11(15)3)16(10-12)18(22,19(23,24)25)20(26,27)28/h6-10H,4-5H2,1-3H3. The fourth-order valence-electron chi connectivity index (χ4n) is 3.21. The molecule has 0 bridgehead atoms. The molecular weight excluding hydrogens is 392 g/mol. The zero-order chi connectivity index (χ0) is 21.5. The minimum absolute atomic E-state index is 0.0682. The van der Waals surface area contributed by atoms with Crippen LogP contribution in [0.5, 0.6) is 0 Å². The van der Waals surface area contributed by atoms with Gasteiger partial charge in [-0.25, -0.2) is 8.78 Å². The zero-order valence-electron chi connectivity index (χ0n) is 15.3. The summed E-state index contributed by atoms with van der Waals surface area (Å²) in [7, 11) is 0. The molecule has 0 spiro atoms. The number of halogens is 8. The average molecular weight is 410 g/mol. The van der Waals surface area contributed by atoms with Crippen LogP contribution in [0, 0.1) is 12.7 Å². The van der Waals surface area contributed by atoms with Crippen LogP contribution in [-0.2, 0) is 18.5 Å². The largest absolute Gasteiger partial charge is 0.435 e. The van der Waals surface area contributed by atoms with Crippen molar-refractivity contribution in [3.05, 3.63) is 58.4 Å². The average Bonchev–Trinajstić information content (AvgIpc) is 2.58. The van der Waals surface area contributed by atoms with E-state index < -0.39 is 35.0 Å². The van der Waals surface area contributed by atoms with Crippen molar-refractivity contribution in [1.82, 2.24) is 0 Å².